The zero-order chi connectivity index (χ0) is 23.5. The maximum absolute atomic E-state index is 13.2. The summed E-state index contributed by atoms with van der Waals surface area (Å²) >= 11 is 0. The van der Waals surface area contributed by atoms with Crippen LogP contribution in [0.4, 0.5) is 5.69 Å². The molecule has 1 aromatic heterocycles. The number of fused-ring (bicyclic) bond motifs is 2. The first-order chi connectivity index (χ1) is 15.8. The zero-order valence-corrected chi connectivity index (χ0v) is 19.7. The van der Waals surface area contributed by atoms with Crippen LogP contribution in [-0.2, 0) is 22.5 Å². The van der Waals surface area contributed by atoms with Gasteiger partial charge in [-0.15, -0.1) is 0 Å². The molecule has 0 radical (unpaired) electrons. The van der Waals surface area contributed by atoms with Crippen molar-refractivity contribution in [1.82, 2.24) is 9.88 Å². The van der Waals surface area contributed by atoms with E-state index in [0.717, 1.165) is 35.1 Å². The number of benzene rings is 2. The average molecular weight is 446 g/mol. The summed E-state index contributed by atoms with van der Waals surface area (Å²) in [5.41, 5.74) is 5.02. The molecule has 2 aromatic carbocycles. The van der Waals surface area contributed by atoms with Gasteiger partial charge in [-0.05, 0) is 43.5 Å². The third-order valence-corrected chi connectivity index (χ3v) is 6.21. The number of para-hydroxylation sites is 1. The molecule has 1 aliphatic heterocycles. The molecule has 0 aliphatic carbocycles. The molecule has 0 bridgehead atoms. The van der Waals surface area contributed by atoms with Crippen LogP contribution in [-0.4, -0.2) is 41.0 Å². The Bertz CT molecular complexity index is 1170. The normalized spacial score (nSPS) is 13.9. The summed E-state index contributed by atoms with van der Waals surface area (Å²) in [6, 6.07) is 15.7. The van der Waals surface area contributed by atoms with Gasteiger partial charge in [0.05, 0.1) is 11.1 Å². The van der Waals surface area contributed by atoms with Gasteiger partial charge in [-0.1, -0.05) is 44.2 Å². The molecule has 1 N–H and O–H groups in total. The lowest BCUT2D eigenvalue weighted by molar-refractivity contribution is -0.119. The molecular formula is C27H31N3O3. The van der Waals surface area contributed by atoms with Crippen LogP contribution in [0.1, 0.15) is 60.8 Å². The number of hydrogen-bond donors (Lipinski definition) is 1. The van der Waals surface area contributed by atoms with Crippen molar-refractivity contribution < 1.29 is 14.3 Å². The van der Waals surface area contributed by atoms with Crippen LogP contribution in [0.25, 0.3) is 10.9 Å². The van der Waals surface area contributed by atoms with Crippen molar-refractivity contribution in [2.75, 3.05) is 18.5 Å². The van der Waals surface area contributed by atoms with Crippen molar-refractivity contribution >= 4 is 28.5 Å². The van der Waals surface area contributed by atoms with Crippen molar-refractivity contribution in [3.05, 3.63) is 70.9 Å². The highest BCUT2D eigenvalue weighted by atomic mass is 16.5. The van der Waals surface area contributed by atoms with E-state index >= 15 is 0 Å². The third-order valence-electron chi connectivity index (χ3n) is 6.21. The van der Waals surface area contributed by atoms with Gasteiger partial charge >= 0.3 is 5.97 Å². The molecule has 0 fully saturated rings. The Morgan fingerprint density at radius 2 is 1.79 bits per heavy atom. The highest BCUT2D eigenvalue weighted by Crippen LogP contribution is 2.29. The van der Waals surface area contributed by atoms with Gasteiger partial charge in [0.1, 0.15) is 0 Å². The predicted molar refractivity (Wildman–Crippen MR) is 130 cm³/mol. The zero-order valence-electron chi connectivity index (χ0n) is 19.7. The number of pyridine rings is 1. The minimum Gasteiger partial charge on any atom is -0.452 e. The maximum Gasteiger partial charge on any atom is 0.339 e. The Morgan fingerprint density at radius 1 is 1.06 bits per heavy atom. The first-order valence-electron chi connectivity index (χ1n) is 11.5. The fourth-order valence-electron chi connectivity index (χ4n) is 4.24. The van der Waals surface area contributed by atoms with Crippen molar-refractivity contribution in [1.29, 1.82) is 0 Å². The van der Waals surface area contributed by atoms with E-state index in [1.807, 2.05) is 48.5 Å². The summed E-state index contributed by atoms with van der Waals surface area (Å²) < 4.78 is 5.50. The molecule has 0 unspecified atom stereocenters. The highest BCUT2D eigenvalue weighted by Gasteiger charge is 2.27. The number of ether oxygens (including phenoxy) is 1. The topological polar surface area (TPSA) is 71.5 Å². The van der Waals surface area contributed by atoms with Gasteiger partial charge in [-0.2, -0.15) is 0 Å². The van der Waals surface area contributed by atoms with Gasteiger partial charge in [0, 0.05) is 47.9 Å². The van der Waals surface area contributed by atoms with Gasteiger partial charge in [0.25, 0.3) is 5.91 Å². The van der Waals surface area contributed by atoms with Crippen molar-refractivity contribution in [2.45, 2.75) is 52.6 Å². The molecule has 1 amide bonds. The molecule has 4 rings (SSSR count). The lowest BCUT2D eigenvalue weighted by Crippen LogP contribution is -2.37. The quantitative estimate of drug-likeness (QED) is 0.545. The number of carbonyl (C=O) groups excluding carboxylic acids is 2. The Balaban J connectivity index is 1.53. The fourth-order valence-corrected chi connectivity index (χ4v) is 4.24. The highest BCUT2D eigenvalue weighted by molar-refractivity contribution is 6.06. The lowest BCUT2D eigenvalue weighted by atomic mass is 9.95. The monoisotopic (exact) mass is 445 g/mol. The van der Waals surface area contributed by atoms with Crippen LogP contribution in [0.2, 0.25) is 0 Å². The molecule has 1 aliphatic rings. The van der Waals surface area contributed by atoms with Gasteiger partial charge < -0.3 is 10.1 Å². The molecular weight excluding hydrogens is 414 g/mol. The van der Waals surface area contributed by atoms with E-state index in [9.17, 15) is 9.59 Å². The predicted octanol–water partition coefficient (Wildman–Crippen LogP) is 4.92. The van der Waals surface area contributed by atoms with E-state index in [-0.39, 0.29) is 12.5 Å². The van der Waals surface area contributed by atoms with Gasteiger partial charge in [0.15, 0.2) is 6.61 Å². The SMILES string of the molecule is CC(C)c1ccc(NC(=O)COC(=O)c2c3c(nc4ccccc24)CCN(C(C)C)C3)cc1. The Hall–Kier alpha value is -3.25. The number of rotatable bonds is 6. The van der Waals surface area contributed by atoms with Crippen LogP contribution in [0.15, 0.2) is 48.5 Å². The summed E-state index contributed by atoms with van der Waals surface area (Å²) in [7, 11) is 0. The molecule has 33 heavy (non-hydrogen) atoms. The standard InChI is InChI=1S/C27H31N3O3/c1-17(2)19-9-11-20(12-10-19)28-25(31)16-33-27(32)26-21-7-5-6-8-23(21)29-24-13-14-30(18(3)4)15-22(24)26/h5-12,17-18H,13-16H2,1-4H3,(H,28,31). The molecule has 6 nitrogen and oxygen atoms in total. The first kappa shape index (κ1) is 22.9. The van der Waals surface area contributed by atoms with Crippen LogP contribution in [0, 0.1) is 0 Å². The number of carbonyl (C=O) groups is 2. The largest absolute Gasteiger partial charge is 0.452 e. The Morgan fingerprint density at radius 3 is 2.48 bits per heavy atom. The Labute approximate surface area is 195 Å². The van der Waals surface area contributed by atoms with Crippen molar-refractivity contribution in [3.63, 3.8) is 0 Å². The van der Waals surface area contributed by atoms with E-state index in [0.29, 0.717) is 29.8 Å². The molecule has 3 aromatic rings. The molecule has 0 spiro atoms. The summed E-state index contributed by atoms with van der Waals surface area (Å²) in [6.07, 6.45) is 0.783. The van der Waals surface area contributed by atoms with Gasteiger partial charge in [0.2, 0.25) is 0 Å². The number of nitrogens with one attached hydrogen (secondary N) is 1. The molecule has 0 atom stereocenters. The molecule has 0 saturated carbocycles. The average Bonchev–Trinajstić information content (AvgIpc) is 2.80. The first-order valence-corrected chi connectivity index (χ1v) is 11.5. The number of nitrogens with zero attached hydrogens (tertiary/aromatic N) is 2. The van der Waals surface area contributed by atoms with Gasteiger partial charge in [-0.3, -0.25) is 14.7 Å². The number of aromatic nitrogens is 1. The van der Waals surface area contributed by atoms with Crippen LogP contribution < -0.4 is 5.32 Å². The number of amides is 1. The number of hydrogen-bond acceptors (Lipinski definition) is 5. The number of anilines is 1. The molecule has 6 heteroatoms. The summed E-state index contributed by atoms with van der Waals surface area (Å²) in [5.74, 6) is -0.430. The minimum atomic E-state index is -0.485. The molecule has 172 valence electrons. The van der Waals surface area contributed by atoms with E-state index in [1.165, 1.54) is 5.56 Å². The second-order valence-corrected chi connectivity index (χ2v) is 9.14. The third kappa shape index (κ3) is 5.06. The van der Waals surface area contributed by atoms with E-state index in [1.54, 1.807) is 0 Å². The van der Waals surface area contributed by atoms with E-state index in [2.05, 4.69) is 37.9 Å². The van der Waals surface area contributed by atoms with E-state index in [4.69, 9.17) is 9.72 Å². The number of esters is 1. The maximum atomic E-state index is 13.2. The summed E-state index contributed by atoms with van der Waals surface area (Å²) in [4.78, 5) is 32.8. The lowest BCUT2D eigenvalue weighted by Gasteiger charge is -2.32. The molecule has 0 saturated heterocycles. The minimum absolute atomic E-state index is 0.343. The van der Waals surface area contributed by atoms with Crippen molar-refractivity contribution in [2.24, 2.45) is 0 Å². The van der Waals surface area contributed by atoms with Gasteiger partial charge in [-0.25, -0.2) is 4.79 Å². The van der Waals surface area contributed by atoms with Crippen LogP contribution in [0.5, 0.6) is 0 Å². The fraction of sp³-hybridized carbons (Fsp3) is 0.370. The second kappa shape index (κ2) is 9.71. The molecule has 2 heterocycles. The van der Waals surface area contributed by atoms with Crippen LogP contribution in [0.3, 0.4) is 0 Å². The Kier molecular flexibility index (Phi) is 6.75. The van der Waals surface area contributed by atoms with E-state index < -0.39 is 5.97 Å². The summed E-state index contributed by atoms with van der Waals surface area (Å²) in [6.45, 7) is 9.74. The van der Waals surface area contributed by atoms with Crippen LogP contribution >= 0.6 is 0 Å². The van der Waals surface area contributed by atoms with Crippen molar-refractivity contribution in [3.8, 4) is 0 Å². The summed E-state index contributed by atoms with van der Waals surface area (Å²) in [5, 5.41) is 3.56. The second-order valence-electron chi connectivity index (χ2n) is 9.14. The smallest absolute Gasteiger partial charge is 0.339 e.